The van der Waals surface area contributed by atoms with Gasteiger partial charge in [0.1, 0.15) is 23.7 Å². The minimum Gasteiger partial charge on any atom is -0.453 e. The number of fused-ring (bicyclic) bond motifs is 2. The van der Waals surface area contributed by atoms with E-state index in [0.717, 1.165) is 89.4 Å². The van der Waals surface area contributed by atoms with Crippen LogP contribution in [0.25, 0.3) is 44.3 Å². The van der Waals surface area contributed by atoms with Crippen LogP contribution < -0.4 is 10.6 Å². The quantitative estimate of drug-likeness (QED) is 0.122. The third kappa shape index (κ3) is 7.37. The molecular weight excluding hydrogens is 715 g/mol. The molecule has 8 rings (SSSR count). The molecule has 292 valence electrons. The first-order chi connectivity index (χ1) is 27.2. The van der Waals surface area contributed by atoms with E-state index in [-0.39, 0.29) is 29.8 Å². The van der Waals surface area contributed by atoms with Gasteiger partial charge in [-0.25, -0.2) is 24.5 Å². The molecule has 1 aliphatic carbocycles. The van der Waals surface area contributed by atoms with Crippen LogP contribution in [0, 0.1) is 5.92 Å². The first-order valence-corrected chi connectivity index (χ1v) is 19.5. The van der Waals surface area contributed by atoms with Crippen LogP contribution >= 0.6 is 0 Å². The number of alkyl carbamates (subject to hydrolysis) is 2. The third-order valence-electron chi connectivity index (χ3n) is 11.3. The van der Waals surface area contributed by atoms with Gasteiger partial charge in [-0.3, -0.25) is 9.59 Å². The van der Waals surface area contributed by atoms with Crippen LogP contribution in [0.4, 0.5) is 9.59 Å². The van der Waals surface area contributed by atoms with Crippen molar-refractivity contribution in [2.45, 2.75) is 82.5 Å². The number of nitrogens with zero attached hydrogens (tertiary/aromatic N) is 5. The molecule has 0 radical (unpaired) electrons. The Kier molecular flexibility index (Phi) is 10.3. The molecule has 4 atom stereocenters. The second kappa shape index (κ2) is 15.6. The Bertz CT molecular complexity index is 2280. The first-order valence-electron chi connectivity index (χ1n) is 19.5. The van der Waals surface area contributed by atoms with Crippen molar-refractivity contribution in [1.29, 1.82) is 0 Å². The minimum atomic E-state index is -0.660. The summed E-state index contributed by atoms with van der Waals surface area (Å²) in [6.45, 7) is 3.18. The van der Waals surface area contributed by atoms with Crippen molar-refractivity contribution in [3.63, 3.8) is 0 Å². The third-order valence-corrected chi connectivity index (χ3v) is 11.3. The SMILES string of the molecule is CCC[C@H](NC(=O)OC)C(=O)N1CCC[C@H]1c1nc2ncc(-c3ccc4cc(-c5cnc([C@@H]6CCCN6C(=O)[C@@H](NC(=O)OC)C6CC6)[nH]5)ccc4c3)cc2[nH]1. The van der Waals surface area contributed by atoms with Crippen molar-refractivity contribution in [2.24, 2.45) is 5.92 Å². The fourth-order valence-electron chi connectivity index (χ4n) is 8.23. The molecule has 15 nitrogen and oxygen atoms in total. The number of amides is 4. The Balaban J connectivity index is 0.976. The van der Waals surface area contributed by atoms with Gasteiger partial charge in [0.05, 0.1) is 43.7 Å². The van der Waals surface area contributed by atoms with Gasteiger partial charge in [0.15, 0.2) is 5.65 Å². The van der Waals surface area contributed by atoms with E-state index in [0.29, 0.717) is 31.0 Å². The van der Waals surface area contributed by atoms with Crippen LogP contribution in [-0.2, 0) is 19.1 Å². The molecule has 4 amide bonds. The number of ether oxygens (including phenoxy) is 2. The van der Waals surface area contributed by atoms with Crippen molar-refractivity contribution in [2.75, 3.05) is 27.3 Å². The van der Waals surface area contributed by atoms with Crippen molar-refractivity contribution in [3.8, 4) is 22.4 Å². The van der Waals surface area contributed by atoms with E-state index in [4.69, 9.17) is 19.4 Å². The summed E-state index contributed by atoms with van der Waals surface area (Å²) in [4.78, 5) is 75.9. The molecular formula is C41H47N9O6. The topological polar surface area (TPSA) is 188 Å². The van der Waals surface area contributed by atoms with E-state index in [1.165, 1.54) is 14.2 Å². The van der Waals surface area contributed by atoms with Crippen LogP contribution in [0.3, 0.4) is 0 Å². The van der Waals surface area contributed by atoms with Gasteiger partial charge < -0.3 is 39.9 Å². The number of hydrogen-bond acceptors (Lipinski definition) is 9. The first kappa shape index (κ1) is 37.0. The normalized spacial score (nSPS) is 19.3. The average molecular weight is 762 g/mol. The van der Waals surface area contributed by atoms with Crippen LogP contribution in [0.15, 0.2) is 54.9 Å². The molecule has 2 aromatic carbocycles. The summed E-state index contributed by atoms with van der Waals surface area (Å²) in [5.74, 6) is 1.34. The Morgan fingerprint density at radius 2 is 1.43 bits per heavy atom. The van der Waals surface area contributed by atoms with Gasteiger partial charge in [-0.05, 0) is 85.4 Å². The zero-order valence-electron chi connectivity index (χ0n) is 31.8. The molecule has 15 heteroatoms. The second-order valence-electron chi connectivity index (χ2n) is 15.0. The lowest BCUT2D eigenvalue weighted by Gasteiger charge is -2.28. The Hall–Kier alpha value is -5.99. The van der Waals surface area contributed by atoms with Crippen molar-refractivity contribution < 1.29 is 28.7 Å². The fraction of sp³-hybridized carbons (Fsp3) is 0.439. The van der Waals surface area contributed by atoms with E-state index in [1.807, 2.05) is 30.3 Å². The number of carbonyl (C=O) groups is 4. The summed E-state index contributed by atoms with van der Waals surface area (Å²) in [5, 5.41) is 7.59. The van der Waals surface area contributed by atoms with Gasteiger partial charge in [0.2, 0.25) is 11.8 Å². The molecule has 0 bridgehead atoms. The maximum absolute atomic E-state index is 13.6. The zero-order chi connectivity index (χ0) is 38.9. The van der Waals surface area contributed by atoms with Gasteiger partial charge in [-0.1, -0.05) is 37.6 Å². The molecule has 1 saturated carbocycles. The predicted molar refractivity (Wildman–Crippen MR) is 208 cm³/mol. The van der Waals surface area contributed by atoms with Crippen LogP contribution in [0.5, 0.6) is 0 Å². The molecule has 3 fully saturated rings. The highest BCUT2D eigenvalue weighted by Crippen LogP contribution is 2.38. The monoisotopic (exact) mass is 761 g/mol. The largest absolute Gasteiger partial charge is 0.453 e. The smallest absolute Gasteiger partial charge is 0.407 e. The summed E-state index contributed by atoms with van der Waals surface area (Å²) in [6, 6.07) is 12.9. The molecule has 4 N–H and O–H groups in total. The van der Waals surface area contributed by atoms with Gasteiger partial charge in [-0.15, -0.1) is 0 Å². The second-order valence-corrected chi connectivity index (χ2v) is 15.0. The molecule has 56 heavy (non-hydrogen) atoms. The van der Waals surface area contributed by atoms with E-state index in [9.17, 15) is 19.2 Å². The van der Waals surface area contributed by atoms with E-state index in [1.54, 1.807) is 4.90 Å². The highest BCUT2D eigenvalue weighted by atomic mass is 16.5. The summed E-state index contributed by atoms with van der Waals surface area (Å²) in [5.41, 5.74) is 5.15. The fourth-order valence-corrected chi connectivity index (χ4v) is 8.23. The van der Waals surface area contributed by atoms with Crippen molar-refractivity contribution in [1.82, 2.24) is 45.4 Å². The number of pyridine rings is 1. The van der Waals surface area contributed by atoms with E-state index >= 15 is 0 Å². The Morgan fingerprint density at radius 1 is 0.768 bits per heavy atom. The molecule has 2 aliphatic heterocycles. The number of H-pyrrole nitrogens is 2. The number of nitrogens with one attached hydrogen (secondary N) is 4. The number of imidazole rings is 2. The average Bonchev–Trinajstić information content (AvgIpc) is 3.65. The maximum Gasteiger partial charge on any atom is 0.407 e. The molecule has 5 heterocycles. The van der Waals surface area contributed by atoms with Gasteiger partial charge in [-0.2, -0.15) is 0 Å². The Morgan fingerprint density at radius 3 is 2.12 bits per heavy atom. The molecule has 2 saturated heterocycles. The number of benzene rings is 2. The van der Waals surface area contributed by atoms with Gasteiger partial charge in [0, 0.05) is 30.4 Å². The molecule has 5 aromatic rings. The lowest BCUT2D eigenvalue weighted by atomic mass is 10.00. The van der Waals surface area contributed by atoms with Crippen LogP contribution in [0.1, 0.15) is 82.0 Å². The number of methoxy groups -OCH3 is 2. The molecule has 0 unspecified atom stereocenters. The van der Waals surface area contributed by atoms with Gasteiger partial charge in [0.25, 0.3) is 0 Å². The summed E-state index contributed by atoms with van der Waals surface area (Å²) in [7, 11) is 2.60. The maximum atomic E-state index is 13.6. The van der Waals surface area contributed by atoms with Crippen LogP contribution in [-0.4, -0.2) is 98.1 Å². The minimum absolute atomic E-state index is 0.0820. The molecule has 3 aromatic heterocycles. The standard InChI is InChI=1S/C41H47N9O6/c1-4-7-29(46-40(53)55-2)38(51)49-16-6-9-33(49)37-44-30-20-28(21-42-35(30)48-37)26-13-12-25-19-27(15-14-24(25)18-26)31-22-43-36(45-31)32-8-5-17-50(32)39(52)34(23-10-11-23)47-41(54)56-3/h12-15,18-23,29,32-34H,4-11,16-17H2,1-3H3,(H,43,45)(H,46,53)(H,47,54)(H,42,44,48)/t29-,32-,33-,34-/m0/s1. The zero-order valence-corrected chi connectivity index (χ0v) is 31.8. The Labute approximate surface area is 323 Å². The number of hydrogen-bond donors (Lipinski definition) is 4. The van der Waals surface area contributed by atoms with Gasteiger partial charge >= 0.3 is 12.2 Å². The number of aromatic nitrogens is 5. The number of aromatic amines is 2. The van der Waals surface area contributed by atoms with Crippen molar-refractivity contribution in [3.05, 3.63) is 66.5 Å². The lowest BCUT2D eigenvalue weighted by Crippen LogP contribution is -2.49. The molecule has 0 spiro atoms. The number of likely N-dealkylation sites (tertiary alicyclic amines) is 2. The summed E-state index contributed by atoms with van der Waals surface area (Å²) < 4.78 is 9.55. The predicted octanol–water partition coefficient (Wildman–Crippen LogP) is 6.15. The van der Waals surface area contributed by atoms with E-state index in [2.05, 4.69) is 62.0 Å². The lowest BCUT2D eigenvalue weighted by molar-refractivity contribution is -0.135. The number of rotatable bonds is 11. The summed E-state index contributed by atoms with van der Waals surface area (Å²) >= 11 is 0. The molecule has 3 aliphatic rings. The van der Waals surface area contributed by atoms with Crippen molar-refractivity contribution >= 4 is 45.9 Å². The highest BCUT2D eigenvalue weighted by molar-refractivity contribution is 5.92. The van der Waals surface area contributed by atoms with Crippen LogP contribution in [0.2, 0.25) is 0 Å². The summed E-state index contributed by atoms with van der Waals surface area (Å²) in [6.07, 6.45) is 8.76. The number of carbonyl (C=O) groups excluding carboxylic acids is 4. The van der Waals surface area contributed by atoms with E-state index < -0.39 is 24.3 Å². The highest BCUT2D eigenvalue weighted by Gasteiger charge is 2.43.